The van der Waals surface area contributed by atoms with Crippen molar-refractivity contribution in [1.29, 1.82) is 0 Å². The van der Waals surface area contributed by atoms with Gasteiger partial charge in [0.15, 0.2) is 11.4 Å². The van der Waals surface area contributed by atoms with E-state index < -0.39 is 0 Å². The Morgan fingerprint density at radius 2 is 1.67 bits per heavy atom. The summed E-state index contributed by atoms with van der Waals surface area (Å²) >= 11 is 12.0. The molecule has 3 rings (SSSR count). The van der Waals surface area contributed by atoms with E-state index in [1.165, 1.54) is 0 Å². The van der Waals surface area contributed by atoms with Gasteiger partial charge in [0.2, 0.25) is 0 Å². The van der Waals surface area contributed by atoms with Crippen molar-refractivity contribution in [2.24, 2.45) is 0 Å². The second kappa shape index (κ2) is 4.19. The number of rotatable bonds is 1. The normalized spacial score (nSPS) is 11.0. The minimum absolute atomic E-state index is 0.390. The average Bonchev–Trinajstić information content (AvgIpc) is 2.69. The SMILES string of the molecule is Nc1noc2cc(-c3cc(Cl)cc(Cl)c3)ccc12. The maximum Gasteiger partial charge on any atom is 0.174 e. The number of hydrogen-bond donors (Lipinski definition) is 1. The highest BCUT2D eigenvalue weighted by molar-refractivity contribution is 6.35. The number of halogens is 2. The highest BCUT2D eigenvalue weighted by Gasteiger charge is 2.07. The van der Waals surface area contributed by atoms with Crippen LogP contribution in [0, 0.1) is 0 Å². The Kier molecular flexibility index (Phi) is 2.65. The molecule has 5 heteroatoms. The first-order valence-corrected chi connectivity index (χ1v) is 6.00. The highest BCUT2D eigenvalue weighted by Crippen LogP contribution is 2.30. The number of nitrogens with zero attached hydrogens (tertiary/aromatic N) is 1. The van der Waals surface area contributed by atoms with Crippen LogP contribution in [-0.4, -0.2) is 5.16 Å². The zero-order chi connectivity index (χ0) is 12.7. The van der Waals surface area contributed by atoms with E-state index in [9.17, 15) is 0 Å². The van der Waals surface area contributed by atoms with Crippen molar-refractivity contribution >= 4 is 40.0 Å². The Morgan fingerprint density at radius 3 is 2.39 bits per heavy atom. The van der Waals surface area contributed by atoms with Gasteiger partial charge in [-0.15, -0.1) is 0 Å². The minimum Gasteiger partial charge on any atom is -0.380 e. The van der Waals surface area contributed by atoms with Crippen molar-refractivity contribution in [3.8, 4) is 11.1 Å². The summed E-state index contributed by atoms with van der Waals surface area (Å²) in [6.07, 6.45) is 0. The zero-order valence-electron chi connectivity index (χ0n) is 9.15. The summed E-state index contributed by atoms with van der Waals surface area (Å²) in [6.45, 7) is 0. The summed E-state index contributed by atoms with van der Waals surface area (Å²) in [5.41, 5.74) is 8.17. The van der Waals surface area contributed by atoms with Crippen LogP contribution in [0.5, 0.6) is 0 Å². The zero-order valence-corrected chi connectivity index (χ0v) is 10.7. The largest absolute Gasteiger partial charge is 0.380 e. The van der Waals surface area contributed by atoms with E-state index in [-0.39, 0.29) is 0 Å². The molecule has 1 aromatic heterocycles. The van der Waals surface area contributed by atoms with Gasteiger partial charge >= 0.3 is 0 Å². The molecule has 90 valence electrons. The summed E-state index contributed by atoms with van der Waals surface area (Å²) in [5, 5.41) is 5.70. The van der Waals surface area contributed by atoms with Gasteiger partial charge in [-0.25, -0.2) is 0 Å². The van der Waals surface area contributed by atoms with Crippen molar-refractivity contribution in [2.45, 2.75) is 0 Å². The second-order valence-electron chi connectivity index (χ2n) is 3.94. The standard InChI is InChI=1S/C13H8Cl2N2O/c14-9-3-8(4-10(15)6-9)7-1-2-11-12(5-7)18-17-13(11)16/h1-6H,(H2,16,17). The minimum atomic E-state index is 0.390. The van der Waals surface area contributed by atoms with Crippen LogP contribution in [0.1, 0.15) is 0 Å². The molecule has 0 aliphatic carbocycles. The molecule has 0 fully saturated rings. The molecule has 0 atom stereocenters. The van der Waals surface area contributed by atoms with Gasteiger partial charge < -0.3 is 10.3 Å². The molecule has 18 heavy (non-hydrogen) atoms. The molecular formula is C13H8Cl2N2O. The van der Waals surface area contributed by atoms with Crippen molar-refractivity contribution in [2.75, 3.05) is 5.73 Å². The Bertz CT molecular complexity index is 717. The Morgan fingerprint density at radius 1 is 0.944 bits per heavy atom. The third-order valence-electron chi connectivity index (χ3n) is 2.70. The number of benzene rings is 2. The smallest absolute Gasteiger partial charge is 0.174 e. The second-order valence-corrected chi connectivity index (χ2v) is 4.81. The summed E-state index contributed by atoms with van der Waals surface area (Å²) in [5.74, 6) is 0.390. The fourth-order valence-electron chi connectivity index (χ4n) is 1.86. The molecule has 0 aliphatic heterocycles. The molecule has 0 amide bonds. The summed E-state index contributed by atoms with van der Waals surface area (Å²) < 4.78 is 5.13. The quantitative estimate of drug-likeness (QED) is 0.719. The molecule has 0 bridgehead atoms. The molecule has 1 heterocycles. The molecule has 2 N–H and O–H groups in total. The van der Waals surface area contributed by atoms with Crippen molar-refractivity contribution in [1.82, 2.24) is 5.16 Å². The lowest BCUT2D eigenvalue weighted by Gasteiger charge is -2.03. The molecule has 3 aromatic rings. The van der Waals surface area contributed by atoms with Crippen LogP contribution in [0.15, 0.2) is 40.9 Å². The Balaban J connectivity index is 2.18. The molecule has 0 spiro atoms. The van der Waals surface area contributed by atoms with E-state index in [1.807, 2.05) is 30.3 Å². The predicted octanol–water partition coefficient (Wildman–Crippen LogP) is 4.38. The number of aromatic nitrogens is 1. The summed E-state index contributed by atoms with van der Waals surface area (Å²) in [7, 11) is 0. The topological polar surface area (TPSA) is 52.0 Å². The molecule has 0 saturated carbocycles. The lowest BCUT2D eigenvalue weighted by molar-refractivity contribution is 0.460. The van der Waals surface area contributed by atoms with Crippen LogP contribution in [0.4, 0.5) is 5.82 Å². The van der Waals surface area contributed by atoms with Gasteiger partial charge in [-0.3, -0.25) is 0 Å². The lowest BCUT2D eigenvalue weighted by Crippen LogP contribution is -1.83. The van der Waals surface area contributed by atoms with Crippen molar-refractivity contribution in [3.63, 3.8) is 0 Å². The number of nitrogens with two attached hydrogens (primary N) is 1. The molecule has 0 radical (unpaired) electrons. The van der Waals surface area contributed by atoms with Gasteiger partial charge in [-0.2, -0.15) is 0 Å². The number of hydrogen-bond acceptors (Lipinski definition) is 3. The van der Waals surface area contributed by atoms with Crippen molar-refractivity contribution in [3.05, 3.63) is 46.4 Å². The van der Waals surface area contributed by atoms with E-state index in [0.717, 1.165) is 16.5 Å². The number of nitrogen functional groups attached to an aromatic ring is 1. The number of anilines is 1. The van der Waals surface area contributed by atoms with Gasteiger partial charge in [-0.05, 0) is 41.5 Å². The first-order valence-electron chi connectivity index (χ1n) is 5.25. The fourth-order valence-corrected chi connectivity index (χ4v) is 2.38. The van der Waals surface area contributed by atoms with Crippen LogP contribution in [0.25, 0.3) is 22.1 Å². The third kappa shape index (κ3) is 1.92. The van der Waals surface area contributed by atoms with Crippen LogP contribution >= 0.6 is 23.2 Å². The van der Waals surface area contributed by atoms with E-state index in [2.05, 4.69) is 5.16 Å². The van der Waals surface area contributed by atoms with Crippen LogP contribution in [0.2, 0.25) is 10.0 Å². The van der Waals surface area contributed by atoms with Gasteiger partial charge in [0.1, 0.15) is 0 Å². The molecule has 0 saturated heterocycles. The van der Waals surface area contributed by atoms with Crippen LogP contribution in [0.3, 0.4) is 0 Å². The van der Waals surface area contributed by atoms with Gasteiger partial charge in [0, 0.05) is 10.0 Å². The monoisotopic (exact) mass is 278 g/mol. The van der Waals surface area contributed by atoms with E-state index in [0.29, 0.717) is 21.4 Å². The molecule has 0 unspecified atom stereocenters. The van der Waals surface area contributed by atoms with E-state index >= 15 is 0 Å². The Labute approximate surface area is 113 Å². The predicted molar refractivity (Wildman–Crippen MR) is 73.9 cm³/mol. The first-order chi connectivity index (χ1) is 8.63. The summed E-state index contributed by atoms with van der Waals surface area (Å²) in [4.78, 5) is 0. The number of fused-ring (bicyclic) bond motifs is 1. The van der Waals surface area contributed by atoms with Crippen molar-refractivity contribution < 1.29 is 4.52 Å². The molecular weight excluding hydrogens is 271 g/mol. The van der Waals surface area contributed by atoms with Gasteiger partial charge in [0.05, 0.1) is 5.39 Å². The molecule has 0 aliphatic rings. The first kappa shape index (κ1) is 11.4. The average molecular weight is 279 g/mol. The molecule has 2 aromatic carbocycles. The third-order valence-corrected chi connectivity index (χ3v) is 3.13. The maximum absolute atomic E-state index is 5.98. The summed E-state index contributed by atoms with van der Waals surface area (Å²) in [6, 6.07) is 11.0. The highest BCUT2D eigenvalue weighted by atomic mass is 35.5. The maximum atomic E-state index is 5.98. The van der Waals surface area contributed by atoms with Crippen LogP contribution < -0.4 is 5.73 Å². The fraction of sp³-hybridized carbons (Fsp3) is 0. The Hall–Kier alpha value is -1.71. The molecule has 3 nitrogen and oxygen atoms in total. The van der Waals surface area contributed by atoms with Crippen LogP contribution in [-0.2, 0) is 0 Å². The van der Waals surface area contributed by atoms with E-state index in [1.54, 1.807) is 6.07 Å². The van der Waals surface area contributed by atoms with E-state index in [4.69, 9.17) is 33.5 Å². The lowest BCUT2D eigenvalue weighted by atomic mass is 10.0. The van der Waals surface area contributed by atoms with Gasteiger partial charge in [0.25, 0.3) is 0 Å². The van der Waals surface area contributed by atoms with Gasteiger partial charge in [-0.1, -0.05) is 34.4 Å².